The fourth-order valence-corrected chi connectivity index (χ4v) is 1.57. The molecular formula is C13H11N3O3. The van der Waals surface area contributed by atoms with Crippen molar-refractivity contribution in [2.75, 3.05) is 11.1 Å². The van der Waals surface area contributed by atoms with Gasteiger partial charge in [-0.05, 0) is 24.3 Å². The average Bonchev–Trinajstić information content (AvgIpc) is 2.41. The molecule has 6 heteroatoms. The molecule has 0 spiro atoms. The Bertz CT molecular complexity index is 626. The van der Waals surface area contributed by atoms with Gasteiger partial charge < -0.3 is 11.1 Å². The van der Waals surface area contributed by atoms with E-state index in [-0.39, 0.29) is 17.3 Å². The van der Waals surface area contributed by atoms with Gasteiger partial charge in [0, 0.05) is 17.3 Å². The van der Waals surface area contributed by atoms with Crippen molar-refractivity contribution in [2.24, 2.45) is 0 Å². The quantitative estimate of drug-likeness (QED) is 0.501. The van der Waals surface area contributed by atoms with E-state index < -0.39 is 4.92 Å². The Labute approximate surface area is 109 Å². The Kier molecular flexibility index (Phi) is 3.42. The topological polar surface area (TPSA) is 98.3 Å². The van der Waals surface area contributed by atoms with E-state index in [1.54, 1.807) is 30.3 Å². The summed E-state index contributed by atoms with van der Waals surface area (Å²) in [6.45, 7) is 0. The number of anilines is 2. The number of benzene rings is 2. The molecule has 2 aromatic rings. The van der Waals surface area contributed by atoms with E-state index in [2.05, 4.69) is 5.32 Å². The summed E-state index contributed by atoms with van der Waals surface area (Å²) in [4.78, 5) is 22.0. The number of carbonyl (C=O) groups excluding carboxylic acids is 1. The molecule has 0 aliphatic heterocycles. The zero-order valence-electron chi connectivity index (χ0n) is 9.87. The first-order valence-electron chi connectivity index (χ1n) is 5.48. The van der Waals surface area contributed by atoms with Crippen LogP contribution in [-0.2, 0) is 0 Å². The Morgan fingerprint density at radius 3 is 2.47 bits per heavy atom. The maximum atomic E-state index is 11.9. The van der Waals surface area contributed by atoms with Crippen molar-refractivity contribution in [1.82, 2.24) is 0 Å². The molecule has 0 saturated carbocycles. The smallest absolute Gasteiger partial charge is 0.294 e. The van der Waals surface area contributed by atoms with Gasteiger partial charge in [0.1, 0.15) is 5.69 Å². The van der Waals surface area contributed by atoms with Crippen LogP contribution in [0, 0.1) is 10.1 Å². The van der Waals surface area contributed by atoms with Gasteiger partial charge in [0.15, 0.2) is 0 Å². The lowest BCUT2D eigenvalue weighted by Gasteiger charge is -2.06. The third kappa shape index (κ3) is 2.86. The highest BCUT2D eigenvalue weighted by Gasteiger charge is 2.13. The van der Waals surface area contributed by atoms with Gasteiger partial charge in [0.05, 0.1) is 4.92 Å². The molecule has 0 unspecified atom stereocenters. The van der Waals surface area contributed by atoms with Crippen molar-refractivity contribution < 1.29 is 9.72 Å². The largest absolute Gasteiger partial charge is 0.393 e. The van der Waals surface area contributed by atoms with Crippen LogP contribution in [0.1, 0.15) is 10.4 Å². The van der Waals surface area contributed by atoms with Gasteiger partial charge >= 0.3 is 0 Å². The molecule has 0 radical (unpaired) electrons. The number of nitrogen functional groups attached to an aromatic ring is 1. The number of amides is 1. The fourth-order valence-electron chi connectivity index (χ4n) is 1.57. The maximum absolute atomic E-state index is 11.9. The molecule has 1 amide bonds. The number of hydrogen-bond acceptors (Lipinski definition) is 4. The third-order valence-corrected chi connectivity index (χ3v) is 2.52. The van der Waals surface area contributed by atoms with Crippen molar-refractivity contribution >= 4 is 23.0 Å². The molecule has 0 saturated heterocycles. The van der Waals surface area contributed by atoms with Gasteiger partial charge in [-0.2, -0.15) is 0 Å². The van der Waals surface area contributed by atoms with E-state index in [4.69, 9.17) is 5.73 Å². The van der Waals surface area contributed by atoms with Crippen LogP contribution in [0.25, 0.3) is 0 Å². The Morgan fingerprint density at radius 2 is 1.84 bits per heavy atom. The predicted octanol–water partition coefficient (Wildman–Crippen LogP) is 2.43. The molecule has 0 fully saturated rings. The summed E-state index contributed by atoms with van der Waals surface area (Å²) in [6.07, 6.45) is 0. The summed E-state index contributed by atoms with van der Waals surface area (Å²) in [5.41, 5.74) is 6.11. The van der Waals surface area contributed by atoms with Crippen molar-refractivity contribution in [3.8, 4) is 0 Å². The van der Waals surface area contributed by atoms with Gasteiger partial charge in [0.2, 0.25) is 0 Å². The Morgan fingerprint density at radius 1 is 1.16 bits per heavy atom. The van der Waals surface area contributed by atoms with Crippen molar-refractivity contribution in [3.63, 3.8) is 0 Å². The number of hydrogen-bond donors (Lipinski definition) is 2. The number of carbonyl (C=O) groups is 1. The first kappa shape index (κ1) is 12.6. The molecule has 0 aliphatic carbocycles. The minimum absolute atomic E-state index is 0.0581. The minimum atomic E-state index is -0.590. The minimum Gasteiger partial charge on any atom is -0.393 e. The second kappa shape index (κ2) is 5.18. The summed E-state index contributed by atoms with van der Waals surface area (Å²) >= 11 is 0. The number of nitrogens with two attached hydrogens (primary N) is 1. The predicted molar refractivity (Wildman–Crippen MR) is 71.9 cm³/mol. The van der Waals surface area contributed by atoms with E-state index in [1.165, 1.54) is 18.2 Å². The van der Waals surface area contributed by atoms with Gasteiger partial charge in [-0.3, -0.25) is 14.9 Å². The number of rotatable bonds is 3. The lowest BCUT2D eigenvalue weighted by atomic mass is 10.2. The number of nitrogens with zero attached hydrogens (tertiary/aromatic N) is 1. The molecule has 0 atom stereocenters. The molecule has 6 nitrogen and oxygen atoms in total. The van der Waals surface area contributed by atoms with E-state index in [0.29, 0.717) is 11.3 Å². The van der Waals surface area contributed by atoms with Gasteiger partial charge in [-0.15, -0.1) is 0 Å². The zero-order chi connectivity index (χ0) is 13.8. The molecule has 96 valence electrons. The normalized spacial score (nSPS) is 9.89. The van der Waals surface area contributed by atoms with E-state index in [9.17, 15) is 14.9 Å². The van der Waals surface area contributed by atoms with Crippen LogP contribution in [0.2, 0.25) is 0 Å². The van der Waals surface area contributed by atoms with E-state index in [1.807, 2.05) is 0 Å². The van der Waals surface area contributed by atoms with Crippen LogP contribution in [0.4, 0.5) is 17.1 Å². The van der Waals surface area contributed by atoms with Gasteiger partial charge in [-0.1, -0.05) is 18.2 Å². The lowest BCUT2D eigenvalue weighted by molar-refractivity contribution is -0.383. The molecule has 2 rings (SSSR count). The summed E-state index contributed by atoms with van der Waals surface area (Å²) in [5.74, 6) is -0.334. The molecule has 0 heterocycles. The van der Waals surface area contributed by atoms with Crippen LogP contribution in [0.15, 0.2) is 48.5 Å². The molecule has 19 heavy (non-hydrogen) atoms. The Hall–Kier alpha value is -2.89. The Balaban J connectivity index is 2.23. The molecular weight excluding hydrogens is 246 g/mol. The van der Waals surface area contributed by atoms with Crippen LogP contribution < -0.4 is 11.1 Å². The first-order valence-corrected chi connectivity index (χ1v) is 5.48. The second-order valence-corrected chi connectivity index (χ2v) is 3.85. The number of nitrogens with one attached hydrogen (secondary N) is 1. The first-order chi connectivity index (χ1) is 9.08. The molecule has 0 aromatic heterocycles. The highest BCUT2D eigenvalue weighted by molar-refractivity contribution is 6.04. The van der Waals surface area contributed by atoms with Crippen molar-refractivity contribution in [3.05, 3.63) is 64.2 Å². The SMILES string of the molecule is Nc1ccc(NC(=O)c2ccccc2)cc1[N+](=O)[O-]. The lowest BCUT2D eigenvalue weighted by Crippen LogP contribution is -2.12. The monoisotopic (exact) mass is 257 g/mol. The van der Waals surface area contributed by atoms with Crippen LogP contribution >= 0.6 is 0 Å². The highest BCUT2D eigenvalue weighted by atomic mass is 16.6. The van der Waals surface area contributed by atoms with Crippen LogP contribution in [0.3, 0.4) is 0 Å². The zero-order valence-corrected chi connectivity index (χ0v) is 9.87. The average molecular weight is 257 g/mol. The number of nitro benzene ring substituents is 1. The summed E-state index contributed by atoms with van der Waals surface area (Å²) in [7, 11) is 0. The third-order valence-electron chi connectivity index (χ3n) is 2.52. The van der Waals surface area contributed by atoms with Crippen molar-refractivity contribution in [1.29, 1.82) is 0 Å². The van der Waals surface area contributed by atoms with Crippen molar-refractivity contribution in [2.45, 2.75) is 0 Å². The highest BCUT2D eigenvalue weighted by Crippen LogP contribution is 2.25. The number of nitro groups is 1. The van der Waals surface area contributed by atoms with Crippen LogP contribution in [-0.4, -0.2) is 10.8 Å². The molecule has 0 aliphatic rings. The standard InChI is InChI=1S/C13H11N3O3/c14-11-7-6-10(8-12(11)16(18)19)15-13(17)9-4-2-1-3-5-9/h1-8H,14H2,(H,15,17). The fraction of sp³-hybridized carbons (Fsp3) is 0. The summed E-state index contributed by atoms with van der Waals surface area (Å²) in [6, 6.07) is 12.7. The summed E-state index contributed by atoms with van der Waals surface area (Å²) in [5, 5.41) is 13.3. The maximum Gasteiger partial charge on any atom is 0.294 e. The van der Waals surface area contributed by atoms with E-state index in [0.717, 1.165) is 0 Å². The molecule has 0 bridgehead atoms. The molecule has 3 N–H and O–H groups in total. The second-order valence-electron chi connectivity index (χ2n) is 3.85. The van der Waals surface area contributed by atoms with Crippen LogP contribution in [0.5, 0.6) is 0 Å². The van der Waals surface area contributed by atoms with E-state index >= 15 is 0 Å². The molecule has 2 aromatic carbocycles. The summed E-state index contributed by atoms with van der Waals surface area (Å²) < 4.78 is 0. The van der Waals surface area contributed by atoms with Gasteiger partial charge in [0.25, 0.3) is 11.6 Å². The van der Waals surface area contributed by atoms with Gasteiger partial charge in [-0.25, -0.2) is 0 Å².